The number of hydrogen-bond donors (Lipinski definition) is 1. The van der Waals surface area contributed by atoms with Gasteiger partial charge in [-0.3, -0.25) is 14.4 Å². The number of halogens is 1. The standard InChI is InChI=1S/C24H31IO5/c1-13(26)30-12-20(29)21-14(11-25)8-18-17-5-4-15-9-16(27)6-7-23(15,2)22(17)19(28)10-24(18,21)3/h6-7,9,14,17-19,21-22,28H,4-5,8,10-12H2,1-3H3/t14-,17-,18-,19-,21+,22+,23-,24-/m0/s1. The number of aliphatic hydroxyl groups excluding tert-OH is 1. The lowest BCUT2D eigenvalue weighted by atomic mass is 9.46. The summed E-state index contributed by atoms with van der Waals surface area (Å²) in [7, 11) is 0. The van der Waals surface area contributed by atoms with Crippen molar-refractivity contribution < 1.29 is 24.2 Å². The highest BCUT2D eigenvalue weighted by atomic mass is 127. The molecule has 0 aliphatic heterocycles. The molecule has 1 N–H and O–H groups in total. The van der Waals surface area contributed by atoms with Gasteiger partial charge in [-0.2, -0.15) is 0 Å². The molecule has 0 radical (unpaired) electrons. The van der Waals surface area contributed by atoms with Crippen molar-refractivity contribution in [3.63, 3.8) is 0 Å². The van der Waals surface area contributed by atoms with Crippen LogP contribution in [0.4, 0.5) is 0 Å². The van der Waals surface area contributed by atoms with E-state index in [4.69, 9.17) is 4.74 Å². The summed E-state index contributed by atoms with van der Waals surface area (Å²) in [5, 5.41) is 11.4. The van der Waals surface area contributed by atoms with E-state index in [1.165, 1.54) is 6.92 Å². The first-order valence-corrected chi connectivity index (χ1v) is 12.5. The molecule has 164 valence electrons. The molecule has 0 amide bonds. The van der Waals surface area contributed by atoms with E-state index in [1.54, 1.807) is 12.2 Å². The highest BCUT2D eigenvalue weighted by Crippen LogP contribution is 2.67. The van der Waals surface area contributed by atoms with Crippen LogP contribution in [0.15, 0.2) is 23.8 Å². The normalized spacial score (nSPS) is 44.6. The first-order valence-electron chi connectivity index (χ1n) is 11.0. The maximum atomic E-state index is 13.2. The van der Waals surface area contributed by atoms with Crippen molar-refractivity contribution in [2.75, 3.05) is 11.0 Å². The minimum Gasteiger partial charge on any atom is -0.458 e. The van der Waals surface area contributed by atoms with Crippen LogP contribution in [-0.4, -0.2) is 39.8 Å². The Hall–Kier alpha value is -1.02. The number of rotatable bonds is 4. The van der Waals surface area contributed by atoms with Gasteiger partial charge in [0, 0.05) is 28.6 Å². The molecule has 30 heavy (non-hydrogen) atoms. The summed E-state index contributed by atoms with van der Waals surface area (Å²) in [5.74, 6) is 0.377. The second-order valence-corrected chi connectivity index (χ2v) is 11.1. The number of aliphatic hydroxyl groups is 1. The maximum absolute atomic E-state index is 13.2. The quantitative estimate of drug-likeness (QED) is 0.344. The van der Waals surface area contributed by atoms with Crippen LogP contribution in [0.5, 0.6) is 0 Å². The Morgan fingerprint density at radius 1 is 1.33 bits per heavy atom. The first-order chi connectivity index (χ1) is 14.1. The largest absolute Gasteiger partial charge is 0.458 e. The van der Waals surface area contributed by atoms with Crippen molar-refractivity contribution >= 4 is 40.1 Å². The number of ketones is 2. The minimum absolute atomic E-state index is 0.00622. The fraction of sp³-hybridized carbons (Fsp3) is 0.708. The number of ether oxygens (including phenoxy) is 1. The van der Waals surface area contributed by atoms with Crippen molar-refractivity contribution in [1.82, 2.24) is 0 Å². The van der Waals surface area contributed by atoms with Crippen LogP contribution >= 0.6 is 22.6 Å². The summed E-state index contributed by atoms with van der Waals surface area (Å²) in [6.07, 6.45) is 8.28. The molecule has 3 saturated carbocycles. The number of hydrogen-bond acceptors (Lipinski definition) is 5. The molecule has 3 fully saturated rings. The Labute approximate surface area is 191 Å². The summed E-state index contributed by atoms with van der Waals surface area (Å²) in [6.45, 7) is 5.49. The van der Waals surface area contributed by atoms with Gasteiger partial charge in [-0.25, -0.2) is 0 Å². The highest BCUT2D eigenvalue weighted by Gasteiger charge is 2.64. The van der Waals surface area contributed by atoms with E-state index in [1.807, 2.05) is 6.08 Å². The zero-order chi connectivity index (χ0) is 21.8. The van der Waals surface area contributed by atoms with Gasteiger partial charge >= 0.3 is 5.97 Å². The van der Waals surface area contributed by atoms with Gasteiger partial charge in [-0.1, -0.05) is 48.1 Å². The number of fused-ring (bicyclic) bond motifs is 5. The summed E-state index contributed by atoms with van der Waals surface area (Å²) >= 11 is 2.37. The third kappa shape index (κ3) is 3.33. The lowest BCUT2D eigenvalue weighted by Gasteiger charge is -2.58. The SMILES string of the molecule is CC(=O)OCC(=O)[C@H]1[C@H](CI)C[C@H]2[C@@H]3CCC4=CC(=O)C=C[C@]4(C)[C@H]3[C@@H](O)C[C@@]21C. The van der Waals surface area contributed by atoms with Crippen LogP contribution in [0.25, 0.3) is 0 Å². The van der Waals surface area contributed by atoms with E-state index < -0.39 is 12.1 Å². The molecule has 0 spiro atoms. The number of alkyl halides is 1. The number of carbonyl (C=O) groups excluding carboxylic acids is 3. The van der Waals surface area contributed by atoms with Crippen LogP contribution in [0.2, 0.25) is 0 Å². The van der Waals surface area contributed by atoms with Gasteiger partial charge in [-0.05, 0) is 61.0 Å². The summed E-state index contributed by atoms with van der Waals surface area (Å²) in [5.41, 5.74) is 0.557. The molecule has 0 heterocycles. The predicted molar refractivity (Wildman–Crippen MR) is 121 cm³/mol. The Morgan fingerprint density at radius 3 is 2.73 bits per heavy atom. The average Bonchev–Trinajstić information content (AvgIpc) is 2.98. The predicted octanol–water partition coefficient (Wildman–Crippen LogP) is 3.67. The van der Waals surface area contributed by atoms with E-state index in [0.717, 1.165) is 29.3 Å². The molecule has 8 atom stereocenters. The monoisotopic (exact) mass is 526 g/mol. The Bertz CT molecular complexity index is 831. The van der Waals surface area contributed by atoms with Crippen LogP contribution in [0.1, 0.15) is 46.5 Å². The van der Waals surface area contributed by atoms with Crippen LogP contribution < -0.4 is 0 Å². The van der Waals surface area contributed by atoms with E-state index >= 15 is 0 Å². The third-order valence-electron chi connectivity index (χ3n) is 8.63. The lowest BCUT2D eigenvalue weighted by Crippen LogP contribution is -2.56. The zero-order valence-corrected chi connectivity index (χ0v) is 20.1. The molecule has 6 heteroatoms. The fourth-order valence-electron chi connectivity index (χ4n) is 7.55. The van der Waals surface area contributed by atoms with Crippen LogP contribution in [0.3, 0.4) is 0 Å². The molecular formula is C24H31IO5. The van der Waals surface area contributed by atoms with Crippen molar-refractivity contribution in [3.05, 3.63) is 23.8 Å². The number of allylic oxidation sites excluding steroid dienone is 4. The first kappa shape index (κ1) is 22.2. The average molecular weight is 526 g/mol. The van der Waals surface area contributed by atoms with Crippen molar-refractivity contribution in [2.24, 2.45) is 40.4 Å². The highest BCUT2D eigenvalue weighted by molar-refractivity contribution is 14.1. The van der Waals surface area contributed by atoms with Crippen LogP contribution in [-0.2, 0) is 19.1 Å². The Morgan fingerprint density at radius 2 is 2.07 bits per heavy atom. The summed E-state index contributed by atoms with van der Waals surface area (Å²) in [4.78, 5) is 36.4. The third-order valence-corrected chi connectivity index (χ3v) is 9.76. The van der Waals surface area contributed by atoms with Gasteiger partial charge in [0.05, 0.1) is 6.10 Å². The Balaban J connectivity index is 1.67. The van der Waals surface area contributed by atoms with Gasteiger partial charge < -0.3 is 9.84 Å². The zero-order valence-electron chi connectivity index (χ0n) is 17.9. The second kappa shape index (κ2) is 7.84. The summed E-state index contributed by atoms with van der Waals surface area (Å²) in [6, 6.07) is 0. The van der Waals surface area contributed by atoms with Gasteiger partial charge in [0.15, 0.2) is 11.6 Å². The van der Waals surface area contributed by atoms with Gasteiger partial charge in [0.1, 0.15) is 6.61 Å². The molecule has 0 aromatic rings. The molecule has 4 aliphatic carbocycles. The van der Waals surface area contributed by atoms with E-state index in [-0.39, 0.29) is 46.8 Å². The minimum atomic E-state index is -0.528. The second-order valence-electron chi connectivity index (χ2n) is 10.2. The molecule has 4 rings (SSSR count). The number of esters is 1. The molecule has 0 unspecified atom stereocenters. The van der Waals surface area contributed by atoms with E-state index in [2.05, 4.69) is 36.4 Å². The van der Waals surface area contributed by atoms with E-state index in [0.29, 0.717) is 18.3 Å². The van der Waals surface area contributed by atoms with Crippen molar-refractivity contribution in [1.29, 1.82) is 0 Å². The fourth-order valence-corrected chi connectivity index (χ4v) is 8.42. The molecule has 0 aromatic heterocycles. The number of carbonyl (C=O) groups is 3. The van der Waals surface area contributed by atoms with Crippen molar-refractivity contribution in [3.8, 4) is 0 Å². The Kier molecular flexibility index (Phi) is 5.79. The lowest BCUT2D eigenvalue weighted by molar-refractivity contribution is -0.152. The van der Waals surface area contributed by atoms with E-state index in [9.17, 15) is 19.5 Å². The van der Waals surface area contributed by atoms with Gasteiger partial charge in [0.2, 0.25) is 0 Å². The molecule has 4 aliphatic rings. The molecule has 0 bridgehead atoms. The van der Waals surface area contributed by atoms with Crippen molar-refractivity contribution in [2.45, 2.75) is 52.6 Å². The van der Waals surface area contributed by atoms with Crippen LogP contribution in [0, 0.1) is 40.4 Å². The molecule has 5 nitrogen and oxygen atoms in total. The smallest absolute Gasteiger partial charge is 0.303 e. The molecule has 0 aromatic carbocycles. The van der Waals surface area contributed by atoms with Gasteiger partial charge in [0.25, 0.3) is 0 Å². The number of Topliss-reactive ketones (excluding diaryl/α,β-unsaturated/α-hetero) is 1. The topological polar surface area (TPSA) is 80.7 Å². The molecular weight excluding hydrogens is 495 g/mol. The van der Waals surface area contributed by atoms with Gasteiger partial charge in [-0.15, -0.1) is 0 Å². The summed E-state index contributed by atoms with van der Waals surface area (Å²) < 4.78 is 5.94. The molecule has 0 saturated heterocycles. The maximum Gasteiger partial charge on any atom is 0.303 e.